The van der Waals surface area contributed by atoms with Crippen LogP contribution in [0.15, 0.2) is 18.2 Å². The van der Waals surface area contributed by atoms with E-state index in [0.29, 0.717) is 19.7 Å². The van der Waals surface area contributed by atoms with Crippen molar-refractivity contribution < 1.29 is 9.53 Å². The van der Waals surface area contributed by atoms with Gasteiger partial charge in [-0.2, -0.15) is 0 Å². The van der Waals surface area contributed by atoms with Crippen molar-refractivity contribution >= 4 is 6.41 Å². The van der Waals surface area contributed by atoms with Gasteiger partial charge in [0.2, 0.25) is 6.41 Å². The van der Waals surface area contributed by atoms with Gasteiger partial charge in [0, 0.05) is 6.54 Å². The van der Waals surface area contributed by atoms with Crippen LogP contribution in [0.25, 0.3) is 0 Å². The molecule has 0 spiro atoms. The SMILES string of the molecule is Cc1ccc(C)c(C2CN(C=O)CCO2)c1. The molecule has 1 aliphatic heterocycles. The molecule has 1 heterocycles. The van der Waals surface area contributed by atoms with E-state index in [1.165, 1.54) is 16.7 Å². The number of hydrogen-bond donors (Lipinski definition) is 0. The van der Waals surface area contributed by atoms with Crippen molar-refractivity contribution in [2.75, 3.05) is 19.7 Å². The van der Waals surface area contributed by atoms with Crippen molar-refractivity contribution in [2.24, 2.45) is 0 Å². The molecule has 0 N–H and O–H groups in total. The first-order chi connectivity index (χ1) is 7.70. The molecule has 86 valence electrons. The van der Waals surface area contributed by atoms with E-state index in [2.05, 4.69) is 32.0 Å². The van der Waals surface area contributed by atoms with Gasteiger partial charge in [0.1, 0.15) is 6.10 Å². The molecule has 16 heavy (non-hydrogen) atoms. The highest BCUT2D eigenvalue weighted by molar-refractivity contribution is 5.47. The molecule has 2 rings (SSSR count). The lowest BCUT2D eigenvalue weighted by Crippen LogP contribution is -2.37. The summed E-state index contributed by atoms with van der Waals surface area (Å²) in [4.78, 5) is 12.5. The number of aryl methyl sites for hydroxylation is 2. The Morgan fingerprint density at radius 2 is 2.25 bits per heavy atom. The third-order valence-corrected chi connectivity index (χ3v) is 3.03. The molecule has 1 aromatic carbocycles. The fourth-order valence-corrected chi connectivity index (χ4v) is 2.06. The Labute approximate surface area is 96.0 Å². The molecule has 1 aliphatic rings. The van der Waals surface area contributed by atoms with Crippen LogP contribution in [0.5, 0.6) is 0 Å². The summed E-state index contributed by atoms with van der Waals surface area (Å²) in [5.74, 6) is 0. The van der Waals surface area contributed by atoms with Crippen LogP contribution in [0.4, 0.5) is 0 Å². The number of amides is 1. The summed E-state index contributed by atoms with van der Waals surface area (Å²) in [6.07, 6.45) is 0.930. The first-order valence-corrected chi connectivity index (χ1v) is 5.59. The second kappa shape index (κ2) is 4.66. The van der Waals surface area contributed by atoms with E-state index < -0.39 is 0 Å². The van der Waals surface area contributed by atoms with Crippen LogP contribution in [-0.2, 0) is 9.53 Å². The maximum atomic E-state index is 10.8. The first kappa shape index (κ1) is 11.1. The Morgan fingerprint density at radius 1 is 1.44 bits per heavy atom. The highest BCUT2D eigenvalue weighted by Gasteiger charge is 2.22. The number of morpholine rings is 1. The minimum atomic E-state index is 0.0267. The van der Waals surface area contributed by atoms with Gasteiger partial charge in [0.05, 0.1) is 13.2 Å². The molecule has 1 unspecified atom stereocenters. The van der Waals surface area contributed by atoms with Crippen LogP contribution < -0.4 is 0 Å². The molecular weight excluding hydrogens is 202 g/mol. The zero-order chi connectivity index (χ0) is 11.5. The number of carbonyl (C=O) groups excluding carboxylic acids is 1. The van der Waals surface area contributed by atoms with Gasteiger partial charge < -0.3 is 9.64 Å². The molecule has 1 atom stereocenters. The van der Waals surface area contributed by atoms with Crippen LogP contribution in [0, 0.1) is 13.8 Å². The second-order valence-electron chi connectivity index (χ2n) is 4.32. The van der Waals surface area contributed by atoms with Gasteiger partial charge >= 0.3 is 0 Å². The van der Waals surface area contributed by atoms with E-state index in [0.717, 1.165) is 6.41 Å². The molecule has 1 amide bonds. The smallest absolute Gasteiger partial charge is 0.209 e. The molecule has 0 radical (unpaired) electrons. The highest BCUT2D eigenvalue weighted by Crippen LogP contribution is 2.25. The average Bonchev–Trinajstić information content (AvgIpc) is 2.32. The van der Waals surface area contributed by atoms with Crippen LogP contribution in [-0.4, -0.2) is 31.0 Å². The highest BCUT2D eigenvalue weighted by atomic mass is 16.5. The molecular formula is C13H17NO2. The summed E-state index contributed by atoms with van der Waals surface area (Å²) in [5, 5.41) is 0. The van der Waals surface area contributed by atoms with E-state index >= 15 is 0 Å². The van der Waals surface area contributed by atoms with Gasteiger partial charge in [0.15, 0.2) is 0 Å². The number of carbonyl (C=O) groups is 1. The quantitative estimate of drug-likeness (QED) is 0.710. The largest absolute Gasteiger partial charge is 0.370 e. The van der Waals surface area contributed by atoms with E-state index in [9.17, 15) is 4.79 Å². The Morgan fingerprint density at radius 3 is 3.00 bits per heavy atom. The van der Waals surface area contributed by atoms with Crippen molar-refractivity contribution in [3.63, 3.8) is 0 Å². The molecule has 3 nitrogen and oxygen atoms in total. The van der Waals surface area contributed by atoms with Crippen molar-refractivity contribution in [3.05, 3.63) is 34.9 Å². The number of hydrogen-bond acceptors (Lipinski definition) is 2. The summed E-state index contributed by atoms with van der Waals surface area (Å²) < 4.78 is 5.73. The van der Waals surface area contributed by atoms with Gasteiger partial charge in [-0.3, -0.25) is 4.79 Å². The predicted octanol–water partition coefficient (Wildman–Crippen LogP) is 1.83. The molecule has 0 aliphatic carbocycles. The minimum Gasteiger partial charge on any atom is -0.370 e. The van der Waals surface area contributed by atoms with Gasteiger partial charge in [-0.1, -0.05) is 23.8 Å². The topological polar surface area (TPSA) is 29.5 Å². The Balaban J connectivity index is 2.22. The fourth-order valence-electron chi connectivity index (χ4n) is 2.06. The maximum Gasteiger partial charge on any atom is 0.209 e. The van der Waals surface area contributed by atoms with E-state index in [1.807, 2.05) is 0 Å². The lowest BCUT2D eigenvalue weighted by Gasteiger charge is -2.31. The van der Waals surface area contributed by atoms with E-state index in [-0.39, 0.29) is 6.10 Å². The molecule has 1 saturated heterocycles. The van der Waals surface area contributed by atoms with E-state index in [1.54, 1.807) is 4.90 Å². The van der Waals surface area contributed by atoms with Crippen molar-refractivity contribution in [1.82, 2.24) is 4.90 Å². The zero-order valence-corrected chi connectivity index (χ0v) is 9.77. The number of nitrogens with zero attached hydrogens (tertiary/aromatic N) is 1. The van der Waals surface area contributed by atoms with Crippen LogP contribution in [0.2, 0.25) is 0 Å². The molecule has 3 heteroatoms. The Kier molecular flexibility index (Phi) is 3.25. The minimum absolute atomic E-state index is 0.0267. The van der Waals surface area contributed by atoms with Crippen LogP contribution >= 0.6 is 0 Å². The Bertz CT molecular complexity index is 390. The number of rotatable bonds is 2. The van der Waals surface area contributed by atoms with Crippen molar-refractivity contribution in [1.29, 1.82) is 0 Å². The summed E-state index contributed by atoms with van der Waals surface area (Å²) in [6, 6.07) is 6.35. The average molecular weight is 219 g/mol. The van der Waals surface area contributed by atoms with Crippen LogP contribution in [0.3, 0.4) is 0 Å². The van der Waals surface area contributed by atoms with Crippen molar-refractivity contribution in [3.8, 4) is 0 Å². The molecule has 1 aromatic rings. The maximum absolute atomic E-state index is 10.8. The third-order valence-electron chi connectivity index (χ3n) is 3.03. The van der Waals surface area contributed by atoms with Crippen molar-refractivity contribution in [2.45, 2.75) is 20.0 Å². The Hall–Kier alpha value is -1.35. The second-order valence-corrected chi connectivity index (χ2v) is 4.32. The van der Waals surface area contributed by atoms with Gasteiger partial charge in [-0.25, -0.2) is 0 Å². The standard InChI is InChI=1S/C13H17NO2/c1-10-3-4-11(2)12(7-10)13-8-14(9-15)5-6-16-13/h3-4,7,9,13H,5-6,8H2,1-2H3. The summed E-state index contributed by atoms with van der Waals surface area (Å²) in [6.45, 7) is 6.14. The number of ether oxygens (including phenoxy) is 1. The molecule has 0 aromatic heterocycles. The summed E-state index contributed by atoms with van der Waals surface area (Å²) in [7, 11) is 0. The van der Waals surface area contributed by atoms with Crippen LogP contribution in [0.1, 0.15) is 22.8 Å². The summed E-state index contributed by atoms with van der Waals surface area (Å²) >= 11 is 0. The van der Waals surface area contributed by atoms with E-state index in [4.69, 9.17) is 4.74 Å². The fraction of sp³-hybridized carbons (Fsp3) is 0.462. The summed E-state index contributed by atoms with van der Waals surface area (Å²) in [5.41, 5.74) is 3.65. The van der Waals surface area contributed by atoms with Gasteiger partial charge in [-0.05, 0) is 25.0 Å². The number of benzene rings is 1. The third kappa shape index (κ3) is 2.25. The molecule has 0 saturated carbocycles. The zero-order valence-electron chi connectivity index (χ0n) is 9.77. The normalized spacial score (nSPS) is 20.9. The monoisotopic (exact) mass is 219 g/mol. The van der Waals surface area contributed by atoms with Gasteiger partial charge in [-0.15, -0.1) is 0 Å². The molecule has 0 bridgehead atoms. The molecule has 1 fully saturated rings. The van der Waals surface area contributed by atoms with Gasteiger partial charge in [0.25, 0.3) is 0 Å². The first-order valence-electron chi connectivity index (χ1n) is 5.59. The lowest BCUT2D eigenvalue weighted by molar-refractivity contribution is -0.125. The predicted molar refractivity (Wildman–Crippen MR) is 62.2 cm³/mol. The lowest BCUT2D eigenvalue weighted by atomic mass is 10.00.